The molecule has 0 radical (unpaired) electrons. The summed E-state index contributed by atoms with van der Waals surface area (Å²) >= 11 is 6.58. The van der Waals surface area contributed by atoms with E-state index in [1.165, 1.54) is 24.0 Å². The third kappa shape index (κ3) is 5.46. The Morgan fingerprint density at radius 1 is 1.10 bits per heavy atom. The molecule has 0 aliphatic carbocycles. The lowest BCUT2D eigenvalue weighted by Gasteiger charge is -2.24. The average molecular weight is 296 g/mol. The van der Waals surface area contributed by atoms with Gasteiger partial charge in [0.15, 0.2) is 0 Å². The van der Waals surface area contributed by atoms with Gasteiger partial charge in [-0.2, -0.15) is 0 Å². The molecule has 1 aromatic rings. The maximum Gasteiger partial charge on any atom is 0.0712 e. The summed E-state index contributed by atoms with van der Waals surface area (Å²) in [5.74, 6) is 0. The number of nitrogens with zero attached hydrogens (tertiary/aromatic N) is 1. The Morgan fingerprint density at radius 3 is 2.15 bits per heavy atom. The van der Waals surface area contributed by atoms with E-state index in [2.05, 4.69) is 63.8 Å². The molecule has 0 aromatic heterocycles. The first-order chi connectivity index (χ1) is 9.38. The molecule has 20 heavy (non-hydrogen) atoms. The summed E-state index contributed by atoms with van der Waals surface area (Å²) in [4.78, 5) is 2.44. The Morgan fingerprint density at radius 2 is 1.70 bits per heavy atom. The van der Waals surface area contributed by atoms with E-state index in [1.54, 1.807) is 0 Å². The van der Waals surface area contributed by atoms with E-state index >= 15 is 0 Å². The number of likely N-dealkylation sites (N-methyl/N-ethyl adjacent to an activating group) is 1. The first kappa shape index (κ1) is 17.5. The van der Waals surface area contributed by atoms with Crippen molar-refractivity contribution in [1.29, 1.82) is 0 Å². The van der Waals surface area contributed by atoms with Crippen LogP contribution in [-0.4, -0.2) is 24.5 Å². The molecule has 0 bridgehead atoms. The standard InChI is InChI=1S/C18H30ClN/c1-6-8-13-20(7-2)14-17(19)15-9-11-16(12-10-15)18(3,4)5/h9-12,17H,6-8,13-14H2,1-5H3. The van der Waals surface area contributed by atoms with Crippen LogP contribution in [0.15, 0.2) is 24.3 Å². The van der Waals surface area contributed by atoms with Gasteiger partial charge < -0.3 is 4.90 Å². The van der Waals surface area contributed by atoms with Gasteiger partial charge in [-0.1, -0.05) is 65.3 Å². The molecule has 2 heteroatoms. The minimum atomic E-state index is 0.0841. The molecule has 0 saturated carbocycles. The van der Waals surface area contributed by atoms with Crippen molar-refractivity contribution < 1.29 is 0 Å². The van der Waals surface area contributed by atoms with Crippen LogP contribution < -0.4 is 0 Å². The number of hydrogen-bond acceptors (Lipinski definition) is 1. The van der Waals surface area contributed by atoms with E-state index in [0.29, 0.717) is 0 Å². The smallest absolute Gasteiger partial charge is 0.0712 e. The fourth-order valence-corrected chi connectivity index (χ4v) is 2.62. The van der Waals surface area contributed by atoms with Crippen LogP contribution in [0.1, 0.15) is 64.0 Å². The maximum absolute atomic E-state index is 6.58. The number of benzene rings is 1. The predicted molar refractivity (Wildman–Crippen MR) is 90.8 cm³/mol. The largest absolute Gasteiger partial charge is 0.302 e. The SMILES string of the molecule is CCCCN(CC)CC(Cl)c1ccc(C(C)(C)C)cc1. The number of alkyl halides is 1. The zero-order chi connectivity index (χ0) is 15.2. The van der Waals surface area contributed by atoms with Gasteiger partial charge in [0.1, 0.15) is 0 Å². The topological polar surface area (TPSA) is 3.24 Å². The quantitative estimate of drug-likeness (QED) is 0.610. The van der Waals surface area contributed by atoms with Crippen LogP contribution in [0.5, 0.6) is 0 Å². The Bertz CT molecular complexity index is 377. The first-order valence-corrected chi connectivity index (χ1v) is 8.29. The zero-order valence-electron chi connectivity index (χ0n) is 13.7. The molecule has 0 aliphatic rings. The van der Waals surface area contributed by atoms with Crippen molar-refractivity contribution in [3.05, 3.63) is 35.4 Å². The van der Waals surface area contributed by atoms with Gasteiger partial charge in [0.05, 0.1) is 5.38 Å². The van der Waals surface area contributed by atoms with Crippen molar-refractivity contribution >= 4 is 11.6 Å². The summed E-state index contributed by atoms with van der Waals surface area (Å²) in [7, 11) is 0. The maximum atomic E-state index is 6.58. The first-order valence-electron chi connectivity index (χ1n) is 7.85. The molecule has 0 saturated heterocycles. The Balaban J connectivity index is 2.65. The molecular weight excluding hydrogens is 266 g/mol. The van der Waals surface area contributed by atoms with Crippen LogP contribution in [0, 0.1) is 0 Å². The molecule has 0 spiro atoms. The molecule has 1 unspecified atom stereocenters. The van der Waals surface area contributed by atoms with Crippen molar-refractivity contribution in [2.75, 3.05) is 19.6 Å². The molecule has 1 aromatic carbocycles. The summed E-state index contributed by atoms with van der Waals surface area (Å²) in [5.41, 5.74) is 2.80. The molecule has 0 aliphatic heterocycles. The minimum Gasteiger partial charge on any atom is -0.302 e. The van der Waals surface area contributed by atoms with Gasteiger partial charge in [-0.15, -0.1) is 11.6 Å². The van der Waals surface area contributed by atoms with Crippen LogP contribution in [0.2, 0.25) is 0 Å². The average Bonchev–Trinajstić information content (AvgIpc) is 2.42. The number of rotatable bonds is 7. The normalized spacial score (nSPS) is 13.8. The fraction of sp³-hybridized carbons (Fsp3) is 0.667. The van der Waals surface area contributed by atoms with E-state index in [9.17, 15) is 0 Å². The van der Waals surface area contributed by atoms with Gasteiger partial charge in [0.2, 0.25) is 0 Å². The second-order valence-electron chi connectivity index (χ2n) is 6.59. The number of hydrogen-bond donors (Lipinski definition) is 0. The van der Waals surface area contributed by atoms with Gasteiger partial charge in [-0.25, -0.2) is 0 Å². The minimum absolute atomic E-state index is 0.0841. The van der Waals surface area contributed by atoms with Crippen molar-refractivity contribution in [3.63, 3.8) is 0 Å². The van der Waals surface area contributed by atoms with E-state index in [0.717, 1.165) is 19.6 Å². The van der Waals surface area contributed by atoms with Crippen LogP contribution in [-0.2, 0) is 5.41 Å². The van der Waals surface area contributed by atoms with E-state index < -0.39 is 0 Å². The summed E-state index contributed by atoms with van der Waals surface area (Å²) in [6, 6.07) is 8.80. The second kappa shape index (κ2) is 8.05. The lowest BCUT2D eigenvalue weighted by molar-refractivity contribution is 0.283. The van der Waals surface area contributed by atoms with Crippen LogP contribution >= 0.6 is 11.6 Å². The van der Waals surface area contributed by atoms with Crippen molar-refractivity contribution in [2.45, 2.75) is 58.3 Å². The van der Waals surface area contributed by atoms with E-state index in [1.807, 2.05) is 0 Å². The summed E-state index contributed by atoms with van der Waals surface area (Å²) < 4.78 is 0. The highest BCUT2D eigenvalue weighted by molar-refractivity contribution is 6.21. The Kier molecular flexibility index (Phi) is 7.05. The number of halogens is 1. The molecule has 1 nitrogen and oxygen atoms in total. The molecule has 0 N–H and O–H groups in total. The monoisotopic (exact) mass is 295 g/mol. The van der Waals surface area contributed by atoms with Crippen molar-refractivity contribution in [2.24, 2.45) is 0 Å². The zero-order valence-corrected chi connectivity index (χ0v) is 14.5. The predicted octanol–water partition coefficient (Wildman–Crippen LogP) is 5.39. The molecule has 1 rings (SSSR count). The van der Waals surface area contributed by atoms with Gasteiger partial charge in [-0.05, 0) is 36.1 Å². The summed E-state index contributed by atoms with van der Waals surface area (Å²) in [6.07, 6.45) is 2.49. The van der Waals surface area contributed by atoms with E-state index in [4.69, 9.17) is 11.6 Å². The molecule has 114 valence electrons. The molecule has 0 heterocycles. The molecular formula is C18H30ClN. The highest BCUT2D eigenvalue weighted by Crippen LogP contribution is 2.26. The van der Waals surface area contributed by atoms with E-state index in [-0.39, 0.29) is 10.8 Å². The van der Waals surface area contributed by atoms with Gasteiger partial charge in [0.25, 0.3) is 0 Å². The third-order valence-electron chi connectivity index (χ3n) is 3.83. The van der Waals surface area contributed by atoms with Crippen molar-refractivity contribution in [1.82, 2.24) is 4.90 Å². The third-order valence-corrected chi connectivity index (χ3v) is 4.22. The molecule has 0 fully saturated rings. The lowest BCUT2D eigenvalue weighted by atomic mass is 9.86. The fourth-order valence-electron chi connectivity index (χ4n) is 2.28. The second-order valence-corrected chi connectivity index (χ2v) is 7.11. The molecule has 0 amide bonds. The lowest BCUT2D eigenvalue weighted by Crippen LogP contribution is -2.28. The summed E-state index contributed by atoms with van der Waals surface area (Å²) in [5, 5.41) is 0.0841. The highest BCUT2D eigenvalue weighted by atomic mass is 35.5. The van der Waals surface area contributed by atoms with Gasteiger partial charge in [0, 0.05) is 6.54 Å². The Hall–Kier alpha value is -0.530. The van der Waals surface area contributed by atoms with Crippen LogP contribution in [0.4, 0.5) is 0 Å². The van der Waals surface area contributed by atoms with Crippen LogP contribution in [0.25, 0.3) is 0 Å². The van der Waals surface area contributed by atoms with Crippen molar-refractivity contribution in [3.8, 4) is 0 Å². The number of unbranched alkanes of at least 4 members (excludes halogenated alkanes) is 1. The molecule has 1 atom stereocenters. The van der Waals surface area contributed by atoms with Gasteiger partial charge >= 0.3 is 0 Å². The highest BCUT2D eigenvalue weighted by Gasteiger charge is 2.16. The summed E-state index contributed by atoms with van der Waals surface area (Å²) in [6.45, 7) is 14.3. The van der Waals surface area contributed by atoms with Gasteiger partial charge in [-0.3, -0.25) is 0 Å². The van der Waals surface area contributed by atoms with Crippen LogP contribution in [0.3, 0.4) is 0 Å². The Labute approximate surface area is 130 Å².